The van der Waals surface area contributed by atoms with Gasteiger partial charge in [0.2, 0.25) is 10.0 Å². The first-order valence-corrected chi connectivity index (χ1v) is 13.8. The van der Waals surface area contributed by atoms with E-state index in [1.54, 1.807) is 44.4 Å². The summed E-state index contributed by atoms with van der Waals surface area (Å²) in [7, 11) is -2.50. The second kappa shape index (κ2) is 9.70. The molecular weight excluding hydrogens is 508 g/mol. The van der Waals surface area contributed by atoms with Crippen LogP contribution >= 0.6 is 11.7 Å². The molecule has 5 aromatic rings. The number of nitrogens with one attached hydrogen (secondary N) is 1. The first kappa shape index (κ1) is 25.1. The number of benzene rings is 3. The van der Waals surface area contributed by atoms with Crippen LogP contribution in [0, 0.1) is 20.8 Å². The minimum absolute atomic E-state index is 0.0596. The number of aryl methyl sites for hydroxylation is 3. The average molecular weight is 535 g/mol. The number of fused-ring (bicyclic) bond motifs is 2. The summed E-state index contributed by atoms with van der Waals surface area (Å²) in [6.45, 7) is 5.62. The predicted octanol–water partition coefficient (Wildman–Crippen LogP) is 4.86. The maximum atomic E-state index is 14.2. The molecule has 0 aliphatic carbocycles. The average Bonchev–Trinajstić information content (AvgIpc) is 3.33. The molecule has 37 heavy (non-hydrogen) atoms. The van der Waals surface area contributed by atoms with E-state index in [0.29, 0.717) is 27.9 Å². The molecule has 0 atom stereocenters. The second-order valence-corrected chi connectivity index (χ2v) is 11.5. The Balaban J connectivity index is 1.64. The van der Waals surface area contributed by atoms with E-state index in [1.807, 2.05) is 38.1 Å². The third kappa shape index (κ3) is 4.75. The summed E-state index contributed by atoms with van der Waals surface area (Å²) in [5.74, 6) is 0.670. The van der Waals surface area contributed by atoms with Gasteiger partial charge in [-0.1, -0.05) is 29.8 Å². The van der Waals surface area contributed by atoms with E-state index in [1.165, 1.54) is 4.31 Å². The summed E-state index contributed by atoms with van der Waals surface area (Å²) in [4.78, 5) is 16.2. The predicted molar refractivity (Wildman–Crippen MR) is 146 cm³/mol. The van der Waals surface area contributed by atoms with Gasteiger partial charge in [0, 0.05) is 18.7 Å². The molecular formula is C27H26N4O4S2. The van der Waals surface area contributed by atoms with Gasteiger partial charge in [0.05, 0.1) is 24.4 Å². The third-order valence-corrected chi connectivity index (χ3v) is 8.92. The minimum atomic E-state index is -4.07. The summed E-state index contributed by atoms with van der Waals surface area (Å²) >= 11 is 0.970. The molecule has 0 unspecified atom stereocenters. The van der Waals surface area contributed by atoms with Gasteiger partial charge in [0.25, 0.3) is 5.56 Å². The van der Waals surface area contributed by atoms with Crippen molar-refractivity contribution < 1.29 is 13.2 Å². The van der Waals surface area contributed by atoms with Crippen molar-refractivity contribution >= 4 is 43.7 Å². The van der Waals surface area contributed by atoms with Crippen molar-refractivity contribution in [2.45, 2.75) is 38.8 Å². The molecule has 8 nitrogen and oxygen atoms in total. The summed E-state index contributed by atoms with van der Waals surface area (Å²) in [6.07, 6.45) is 0. The van der Waals surface area contributed by atoms with Crippen LogP contribution in [0.25, 0.3) is 21.9 Å². The van der Waals surface area contributed by atoms with Crippen LogP contribution in [0.5, 0.6) is 5.75 Å². The highest BCUT2D eigenvalue weighted by molar-refractivity contribution is 7.89. The molecule has 5 rings (SSSR count). The van der Waals surface area contributed by atoms with Crippen molar-refractivity contribution in [3.63, 3.8) is 0 Å². The maximum absolute atomic E-state index is 14.2. The molecule has 0 aliphatic heterocycles. The Kier molecular flexibility index (Phi) is 6.57. The van der Waals surface area contributed by atoms with Gasteiger partial charge >= 0.3 is 0 Å². The van der Waals surface area contributed by atoms with Crippen molar-refractivity contribution in [3.05, 3.63) is 92.8 Å². The molecule has 190 valence electrons. The van der Waals surface area contributed by atoms with Crippen molar-refractivity contribution in [3.8, 4) is 5.75 Å². The van der Waals surface area contributed by atoms with Crippen LogP contribution in [0.15, 0.2) is 64.3 Å². The summed E-state index contributed by atoms with van der Waals surface area (Å²) in [5.41, 5.74) is 4.99. The fraction of sp³-hybridized carbons (Fsp3) is 0.222. The van der Waals surface area contributed by atoms with Gasteiger partial charge in [-0.15, -0.1) is 0 Å². The highest BCUT2D eigenvalue weighted by atomic mass is 32.2. The molecule has 0 amide bonds. The van der Waals surface area contributed by atoms with E-state index < -0.39 is 10.0 Å². The standard InChI is InChI=1S/C27H26N4O4S2/c1-16-11-18(3)24-20(12-16)13-21(27(32)28-24)15-31(14-19-6-8-22(35-4)9-7-19)37(33,34)26-17(2)5-10-23-25(26)30-36-29-23/h5-13H,14-15H2,1-4H3,(H,28,32). The van der Waals surface area contributed by atoms with E-state index in [-0.39, 0.29) is 23.5 Å². The van der Waals surface area contributed by atoms with E-state index >= 15 is 0 Å². The maximum Gasteiger partial charge on any atom is 0.252 e. The van der Waals surface area contributed by atoms with Crippen molar-refractivity contribution in [2.75, 3.05) is 7.11 Å². The number of aromatic amines is 1. The summed E-state index contributed by atoms with van der Waals surface area (Å²) < 4.78 is 43.5. The van der Waals surface area contributed by atoms with Crippen molar-refractivity contribution in [2.24, 2.45) is 0 Å². The number of nitrogens with zero attached hydrogens (tertiary/aromatic N) is 3. The Morgan fingerprint density at radius 2 is 1.70 bits per heavy atom. The number of aromatic nitrogens is 3. The number of methoxy groups -OCH3 is 1. The number of hydrogen-bond donors (Lipinski definition) is 1. The number of ether oxygens (including phenoxy) is 1. The Hall–Kier alpha value is -3.60. The highest BCUT2D eigenvalue weighted by Crippen LogP contribution is 2.30. The molecule has 2 aromatic heterocycles. The van der Waals surface area contributed by atoms with E-state index in [2.05, 4.69) is 13.7 Å². The van der Waals surface area contributed by atoms with Crippen LogP contribution in [0.1, 0.15) is 27.8 Å². The lowest BCUT2D eigenvalue weighted by Gasteiger charge is -2.23. The SMILES string of the molecule is COc1ccc(CN(Cc2cc3cc(C)cc(C)c3[nH]c2=O)S(=O)(=O)c2c(C)ccc3nsnc23)cc1. The van der Waals surface area contributed by atoms with Crippen LogP contribution in [0.3, 0.4) is 0 Å². The van der Waals surface area contributed by atoms with Crippen molar-refractivity contribution in [1.29, 1.82) is 0 Å². The van der Waals surface area contributed by atoms with Crippen molar-refractivity contribution in [1.82, 2.24) is 18.0 Å². The highest BCUT2D eigenvalue weighted by Gasteiger charge is 2.30. The lowest BCUT2D eigenvalue weighted by Crippen LogP contribution is -2.33. The fourth-order valence-electron chi connectivity index (χ4n) is 4.58. The zero-order valence-corrected chi connectivity index (χ0v) is 22.5. The van der Waals surface area contributed by atoms with Gasteiger partial charge in [-0.3, -0.25) is 4.79 Å². The molecule has 0 spiro atoms. The number of H-pyrrole nitrogens is 1. The Morgan fingerprint density at radius 1 is 0.946 bits per heavy atom. The zero-order chi connectivity index (χ0) is 26.3. The Labute approximate surface area is 218 Å². The Bertz CT molecular complexity index is 1790. The van der Waals surface area contributed by atoms with Gasteiger partial charge < -0.3 is 9.72 Å². The molecule has 0 saturated carbocycles. The molecule has 0 bridgehead atoms. The van der Waals surface area contributed by atoms with Gasteiger partial charge in [-0.25, -0.2) is 8.42 Å². The normalized spacial score (nSPS) is 12.0. The Morgan fingerprint density at radius 3 is 2.43 bits per heavy atom. The van der Waals surface area contributed by atoms with Crippen LogP contribution in [0.2, 0.25) is 0 Å². The number of rotatable bonds is 7. The van der Waals surface area contributed by atoms with Crippen LogP contribution in [-0.4, -0.2) is 33.6 Å². The molecule has 0 fully saturated rings. The number of pyridine rings is 1. The quantitative estimate of drug-likeness (QED) is 0.320. The molecule has 3 aromatic carbocycles. The molecule has 0 radical (unpaired) electrons. The van der Waals surface area contributed by atoms with Crippen LogP contribution < -0.4 is 10.3 Å². The van der Waals surface area contributed by atoms with Gasteiger partial charge in [-0.2, -0.15) is 13.1 Å². The number of hydrogen-bond acceptors (Lipinski definition) is 7. The first-order valence-electron chi connectivity index (χ1n) is 11.7. The van der Waals surface area contributed by atoms with E-state index in [0.717, 1.165) is 39.3 Å². The second-order valence-electron chi connectivity index (χ2n) is 9.13. The smallest absolute Gasteiger partial charge is 0.252 e. The largest absolute Gasteiger partial charge is 0.497 e. The van der Waals surface area contributed by atoms with Crippen LogP contribution in [-0.2, 0) is 23.1 Å². The molecule has 0 saturated heterocycles. The summed E-state index contributed by atoms with van der Waals surface area (Å²) in [6, 6.07) is 16.5. The molecule has 10 heteroatoms. The number of sulfonamides is 1. The van der Waals surface area contributed by atoms with Gasteiger partial charge in [0.15, 0.2) is 0 Å². The van der Waals surface area contributed by atoms with E-state index in [9.17, 15) is 13.2 Å². The van der Waals surface area contributed by atoms with Gasteiger partial charge in [-0.05, 0) is 73.2 Å². The third-order valence-electron chi connectivity index (χ3n) is 6.41. The lowest BCUT2D eigenvalue weighted by molar-refractivity contribution is 0.398. The fourth-order valence-corrected chi connectivity index (χ4v) is 6.94. The van der Waals surface area contributed by atoms with E-state index in [4.69, 9.17) is 4.74 Å². The minimum Gasteiger partial charge on any atom is -0.497 e. The molecule has 2 heterocycles. The van der Waals surface area contributed by atoms with Crippen LogP contribution in [0.4, 0.5) is 0 Å². The lowest BCUT2D eigenvalue weighted by atomic mass is 10.1. The summed E-state index contributed by atoms with van der Waals surface area (Å²) in [5, 5.41) is 0.857. The first-order chi connectivity index (χ1) is 17.7. The molecule has 0 aliphatic rings. The molecule has 1 N–H and O–H groups in total. The zero-order valence-electron chi connectivity index (χ0n) is 20.9. The van der Waals surface area contributed by atoms with Gasteiger partial charge in [0.1, 0.15) is 21.7 Å². The monoisotopic (exact) mass is 534 g/mol. The topological polar surface area (TPSA) is 105 Å².